The summed E-state index contributed by atoms with van der Waals surface area (Å²) < 4.78 is 3.47. The van der Waals surface area contributed by atoms with Gasteiger partial charge in [0, 0.05) is 19.5 Å². The number of rotatable bonds is 6. The van der Waals surface area contributed by atoms with Gasteiger partial charge in [-0.05, 0) is 36.3 Å². The van der Waals surface area contributed by atoms with Gasteiger partial charge in [-0.2, -0.15) is 5.10 Å². The molecule has 2 rings (SSSR count). The molecule has 108 valence electrons. The predicted octanol–water partition coefficient (Wildman–Crippen LogP) is 0.976. The molecule has 0 fully saturated rings. The van der Waals surface area contributed by atoms with Crippen molar-refractivity contribution in [3.05, 3.63) is 11.8 Å². The molecule has 0 aliphatic rings. The zero-order chi connectivity index (χ0) is 14.7. The SMILES string of the molecule is CCn1nc(C)cc1-c1nnnn1CC(C)CC(=O)O. The number of hydrogen-bond acceptors (Lipinski definition) is 5. The van der Waals surface area contributed by atoms with Crippen molar-refractivity contribution >= 4 is 5.97 Å². The van der Waals surface area contributed by atoms with Crippen molar-refractivity contribution in [2.45, 2.75) is 40.3 Å². The molecule has 2 heterocycles. The van der Waals surface area contributed by atoms with Gasteiger partial charge in [0.2, 0.25) is 0 Å². The van der Waals surface area contributed by atoms with Crippen LogP contribution in [0.4, 0.5) is 0 Å². The molecule has 1 unspecified atom stereocenters. The summed E-state index contributed by atoms with van der Waals surface area (Å²) in [5.41, 5.74) is 1.74. The van der Waals surface area contributed by atoms with Crippen molar-refractivity contribution in [2.24, 2.45) is 5.92 Å². The summed E-state index contributed by atoms with van der Waals surface area (Å²) in [6, 6.07) is 1.92. The molecule has 1 atom stereocenters. The van der Waals surface area contributed by atoms with Crippen molar-refractivity contribution < 1.29 is 9.90 Å². The quantitative estimate of drug-likeness (QED) is 0.845. The first-order chi connectivity index (χ1) is 9.51. The molecule has 0 saturated heterocycles. The van der Waals surface area contributed by atoms with Gasteiger partial charge in [0.05, 0.1) is 5.69 Å². The lowest BCUT2D eigenvalue weighted by Crippen LogP contribution is -2.15. The van der Waals surface area contributed by atoms with Gasteiger partial charge in [-0.1, -0.05) is 6.92 Å². The average Bonchev–Trinajstić information content (AvgIpc) is 2.93. The van der Waals surface area contributed by atoms with Crippen molar-refractivity contribution in [3.8, 4) is 11.5 Å². The van der Waals surface area contributed by atoms with E-state index in [-0.39, 0.29) is 12.3 Å². The summed E-state index contributed by atoms with van der Waals surface area (Å²) in [5, 5.41) is 24.8. The summed E-state index contributed by atoms with van der Waals surface area (Å²) in [6.07, 6.45) is 0.0887. The summed E-state index contributed by atoms with van der Waals surface area (Å²) in [4.78, 5) is 10.7. The highest BCUT2D eigenvalue weighted by Crippen LogP contribution is 2.18. The number of hydrogen-bond donors (Lipinski definition) is 1. The maximum Gasteiger partial charge on any atom is 0.303 e. The number of tetrazole rings is 1. The number of aromatic nitrogens is 6. The van der Waals surface area contributed by atoms with E-state index in [0.717, 1.165) is 17.9 Å². The van der Waals surface area contributed by atoms with Gasteiger partial charge < -0.3 is 5.11 Å². The molecule has 0 aromatic carbocycles. The van der Waals surface area contributed by atoms with Crippen LogP contribution in [0.2, 0.25) is 0 Å². The first-order valence-corrected chi connectivity index (χ1v) is 6.54. The van der Waals surface area contributed by atoms with Crippen molar-refractivity contribution in [1.82, 2.24) is 30.0 Å². The number of aryl methyl sites for hydroxylation is 2. The highest BCUT2D eigenvalue weighted by Gasteiger charge is 2.17. The van der Waals surface area contributed by atoms with Gasteiger partial charge in [-0.25, -0.2) is 4.68 Å². The third kappa shape index (κ3) is 3.01. The topological polar surface area (TPSA) is 98.7 Å². The molecule has 1 N–H and O–H groups in total. The molecule has 0 saturated carbocycles. The number of carboxylic acids is 1. The molecule has 0 bridgehead atoms. The summed E-state index contributed by atoms with van der Waals surface area (Å²) >= 11 is 0. The van der Waals surface area contributed by atoms with E-state index in [1.165, 1.54) is 0 Å². The van der Waals surface area contributed by atoms with Crippen LogP contribution in [-0.2, 0) is 17.9 Å². The van der Waals surface area contributed by atoms with E-state index in [1.54, 1.807) is 4.68 Å². The Kier molecular flexibility index (Phi) is 4.11. The highest BCUT2D eigenvalue weighted by molar-refractivity contribution is 5.66. The lowest BCUT2D eigenvalue weighted by molar-refractivity contribution is -0.138. The van der Waals surface area contributed by atoms with Crippen LogP contribution >= 0.6 is 0 Å². The van der Waals surface area contributed by atoms with Gasteiger partial charge >= 0.3 is 5.97 Å². The Balaban J connectivity index is 2.26. The molecule has 0 spiro atoms. The van der Waals surface area contributed by atoms with Crippen LogP contribution in [0.5, 0.6) is 0 Å². The van der Waals surface area contributed by atoms with Crippen LogP contribution in [0.25, 0.3) is 11.5 Å². The minimum absolute atomic E-state index is 0.0474. The molecule has 2 aromatic rings. The molecule has 2 aromatic heterocycles. The van der Waals surface area contributed by atoms with E-state index in [4.69, 9.17) is 5.11 Å². The molecule has 20 heavy (non-hydrogen) atoms. The average molecular weight is 278 g/mol. The second-order valence-electron chi connectivity index (χ2n) is 4.87. The smallest absolute Gasteiger partial charge is 0.303 e. The minimum Gasteiger partial charge on any atom is -0.481 e. The molecular weight excluding hydrogens is 260 g/mol. The van der Waals surface area contributed by atoms with Crippen LogP contribution in [0.15, 0.2) is 6.07 Å². The van der Waals surface area contributed by atoms with Crippen LogP contribution in [-0.4, -0.2) is 41.1 Å². The fourth-order valence-corrected chi connectivity index (χ4v) is 2.14. The number of aliphatic carboxylic acids is 1. The van der Waals surface area contributed by atoms with Crippen molar-refractivity contribution in [3.63, 3.8) is 0 Å². The third-order valence-corrected chi connectivity index (χ3v) is 2.97. The second kappa shape index (κ2) is 5.81. The zero-order valence-corrected chi connectivity index (χ0v) is 11.8. The monoisotopic (exact) mass is 278 g/mol. The Morgan fingerprint density at radius 2 is 2.20 bits per heavy atom. The molecular formula is C12H18N6O2. The molecule has 0 aliphatic heterocycles. The molecule has 8 nitrogen and oxygen atoms in total. The summed E-state index contributed by atoms with van der Waals surface area (Å²) in [5.74, 6) is -0.250. The van der Waals surface area contributed by atoms with Crippen molar-refractivity contribution in [1.29, 1.82) is 0 Å². The summed E-state index contributed by atoms with van der Waals surface area (Å²) in [6.45, 7) is 6.96. The first kappa shape index (κ1) is 14.2. The van der Waals surface area contributed by atoms with Crippen LogP contribution < -0.4 is 0 Å². The zero-order valence-electron chi connectivity index (χ0n) is 11.8. The maximum atomic E-state index is 10.7. The van der Waals surface area contributed by atoms with E-state index in [9.17, 15) is 4.79 Å². The van der Waals surface area contributed by atoms with E-state index < -0.39 is 5.97 Å². The van der Waals surface area contributed by atoms with E-state index in [2.05, 4.69) is 20.6 Å². The lowest BCUT2D eigenvalue weighted by Gasteiger charge is -2.10. The van der Waals surface area contributed by atoms with Crippen LogP contribution in [0, 0.1) is 12.8 Å². The summed E-state index contributed by atoms with van der Waals surface area (Å²) in [7, 11) is 0. The Labute approximate surface area is 116 Å². The fraction of sp³-hybridized carbons (Fsp3) is 0.583. The molecule has 0 aliphatic carbocycles. The molecule has 0 amide bonds. The van der Waals surface area contributed by atoms with Crippen LogP contribution in [0.3, 0.4) is 0 Å². The van der Waals surface area contributed by atoms with E-state index in [1.807, 2.05) is 31.5 Å². The largest absolute Gasteiger partial charge is 0.481 e. The fourth-order valence-electron chi connectivity index (χ4n) is 2.14. The minimum atomic E-state index is -0.818. The molecule has 0 radical (unpaired) electrons. The van der Waals surface area contributed by atoms with E-state index in [0.29, 0.717) is 12.4 Å². The number of carboxylic acid groups (broad SMARTS) is 1. The number of carbonyl (C=O) groups is 1. The van der Waals surface area contributed by atoms with Gasteiger partial charge in [-0.3, -0.25) is 9.48 Å². The van der Waals surface area contributed by atoms with Crippen LogP contribution in [0.1, 0.15) is 26.0 Å². The Morgan fingerprint density at radius 3 is 2.85 bits per heavy atom. The number of nitrogens with zero attached hydrogens (tertiary/aromatic N) is 6. The predicted molar refractivity (Wildman–Crippen MR) is 70.9 cm³/mol. The highest BCUT2D eigenvalue weighted by atomic mass is 16.4. The first-order valence-electron chi connectivity index (χ1n) is 6.54. The Morgan fingerprint density at radius 1 is 1.45 bits per heavy atom. The van der Waals surface area contributed by atoms with Gasteiger partial charge in [0.25, 0.3) is 0 Å². The normalized spacial score (nSPS) is 12.6. The third-order valence-electron chi connectivity index (χ3n) is 2.97. The van der Waals surface area contributed by atoms with Gasteiger partial charge in [-0.15, -0.1) is 5.10 Å². The lowest BCUT2D eigenvalue weighted by atomic mass is 10.1. The standard InChI is InChI=1S/C12H18N6O2/c1-4-17-10(6-9(3)14-17)12-13-15-16-18(12)7-8(2)5-11(19)20/h6,8H,4-5,7H2,1-3H3,(H,19,20). The molecule has 8 heteroatoms. The van der Waals surface area contributed by atoms with E-state index >= 15 is 0 Å². The maximum absolute atomic E-state index is 10.7. The Hall–Kier alpha value is -2.25. The van der Waals surface area contributed by atoms with Crippen molar-refractivity contribution in [2.75, 3.05) is 0 Å². The van der Waals surface area contributed by atoms with Gasteiger partial charge in [0.1, 0.15) is 5.69 Å². The van der Waals surface area contributed by atoms with Gasteiger partial charge in [0.15, 0.2) is 5.82 Å². The second-order valence-corrected chi connectivity index (χ2v) is 4.87. The Bertz CT molecular complexity index is 603.